The monoisotopic (exact) mass is 296 g/mol. The van der Waals surface area contributed by atoms with Crippen LogP contribution in [0.15, 0.2) is 39.9 Å². The van der Waals surface area contributed by atoms with E-state index in [9.17, 15) is 9.90 Å². The number of aliphatic hydroxyl groups excluding tert-OH is 1. The van der Waals surface area contributed by atoms with E-state index in [1.54, 1.807) is 13.0 Å². The van der Waals surface area contributed by atoms with Crippen LogP contribution in [-0.4, -0.2) is 23.6 Å². The lowest BCUT2D eigenvalue weighted by atomic mass is 10.1. The first-order valence-corrected chi connectivity index (χ1v) is 6.67. The fourth-order valence-electron chi connectivity index (χ4n) is 1.50. The van der Waals surface area contributed by atoms with Gasteiger partial charge in [0.2, 0.25) is 5.70 Å². The van der Waals surface area contributed by atoms with Crippen molar-refractivity contribution in [2.75, 3.05) is 12.5 Å². The Kier molecular flexibility index (Phi) is 6.18. The lowest BCUT2D eigenvalue weighted by molar-refractivity contribution is -0.138. The highest BCUT2D eigenvalue weighted by atomic mass is 35.5. The number of hydrogen-bond acceptors (Lipinski definition) is 5. The van der Waals surface area contributed by atoms with Gasteiger partial charge in [-0.2, -0.15) is 0 Å². The Labute approximate surface area is 122 Å². The standard InChI is InChI=1S/C14H17ClN2O3/c1-4-20-14(19)13(12(18)8-15)17-16-11-6-5-9(2)7-10(11)3/h5-7,18H,4,8H2,1-3H3. The lowest BCUT2D eigenvalue weighted by Gasteiger charge is -2.04. The number of esters is 1. The number of aryl methyl sites for hydroxylation is 2. The number of hydrogen-bond donors (Lipinski definition) is 1. The van der Waals surface area contributed by atoms with E-state index in [4.69, 9.17) is 16.3 Å². The molecule has 0 unspecified atom stereocenters. The van der Waals surface area contributed by atoms with Gasteiger partial charge in [0.05, 0.1) is 18.2 Å². The molecule has 1 aromatic rings. The summed E-state index contributed by atoms with van der Waals surface area (Å²) in [5, 5.41) is 17.3. The lowest BCUT2D eigenvalue weighted by Crippen LogP contribution is -2.09. The molecule has 0 spiro atoms. The molecule has 0 bridgehead atoms. The number of ether oxygens (including phenoxy) is 1. The van der Waals surface area contributed by atoms with Crippen molar-refractivity contribution in [1.29, 1.82) is 0 Å². The van der Waals surface area contributed by atoms with E-state index in [0.717, 1.165) is 11.1 Å². The number of carbonyl (C=O) groups excluding carboxylic acids is 1. The molecule has 6 heteroatoms. The number of halogens is 1. The largest absolute Gasteiger partial charge is 0.508 e. The van der Waals surface area contributed by atoms with Crippen molar-refractivity contribution in [2.45, 2.75) is 20.8 Å². The fourth-order valence-corrected chi connectivity index (χ4v) is 1.63. The van der Waals surface area contributed by atoms with E-state index < -0.39 is 5.97 Å². The summed E-state index contributed by atoms with van der Waals surface area (Å²) in [6.45, 7) is 5.69. The average molecular weight is 297 g/mol. The van der Waals surface area contributed by atoms with Gasteiger partial charge in [0.25, 0.3) is 0 Å². The molecule has 0 aromatic heterocycles. The van der Waals surface area contributed by atoms with Crippen LogP contribution in [0.1, 0.15) is 18.1 Å². The fraction of sp³-hybridized carbons (Fsp3) is 0.357. The SMILES string of the molecule is CCOC(=O)C(N=Nc1ccc(C)cc1C)=C(O)CCl. The maximum atomic E-state index is 11.7. The normalized spacial score (nSPS) is 12.4. The maximum absolute atomic E-state index is 11.7. The third-order valence-electron chi connectivity index (χ3n) is 2.48. The van der Waals surface area contributed by atoms with E-state index in [2.05, 4.69) is 10.2 Å². The first kappa shape index (κ1) is 16.2. The molecule has 108 valence electrons. The summed E-state index contributed by atoms with van der Waals surface area (Å²) in [4.78, 5) is 11.7. The Hall–Kier alpha value is -1.88. The van der Waals surface area contributed by atoms with Crippen LogP contribution < -0.4 is 0 Å². The molecule has 0 saturated carbocycles. The van der Waals surface area contributed by atoms with Gasteiger partial charge in [-0.25, -0.2) is 4.79 Å². The Morgan fingerprint density at radius 2 is 2.10 bits per heavy atom. The summed E-state index contributed by atoms with van der Waals surface area (Å²) in [6, 6.07) is 5.62. The summed E-state index contributed by atoms with van der Waals surface area (Å²) >= 11 is 5.51. The Balaban J connectivity index is 3.07. The Morgan fingerprint density at radius 3 is 2.65 bits per heavy atom. The molecule has 0 amide bonds. The second-order valence-electron chi connectivity index (χ2n) is 4.14. The van der Waals surface area contributed by atoms with Gasteiger partial charge in [-0.05, 0) is 32.4 Å². The molecule has 0 aliphatic carbocycles. The highest BCUT2D eigenvalue weighted by molar-refractivity contribution is 6.19. The van der Waals surface area contributed by atoms with Crippen LogP contribution in [0.4, 0.5) is 5.69 Å². The summed E-state index contributed by atoms with van der Waals surface area (Å²) in [5.41, 5.74) is 2.36. The first-order valence-electron chi connectivity index (χ1n) is 6.13. The van der Waals surface area contributed by atoms with Gasteiger partial charge in [0.15, 0.2) is 0 Å². The molecular formula is C14H17ClN2O3. The molecular weight excluding hydrogens is 280 g/mol. The minimum absolute atomic E-state index is 0.178. The topological polar surface area (TPSA) is 71.2 Å². The van der Waals surface area contributed by atoms with Gasteiger partial charge < -0.3 is 9.84 Å². The third-order valence-corrected chi connectivity index (χ3v) is 2.73. The van der Waals surface area contributed by atoms with Gasteiger partial charge in [0, 0.05) is 0 Å². The maximum Gasteiger partial charge on any atom is 0.362 e. The van der Waals surface area contributed by atoms with E-state index in [-0.39, 0.29) is 23.9 Å². The third kappa shape index (κ3) is 4.35. The van der Waals surface area contributed by atoms with Gasteiger partial charge >= 0.3 is 5.97 Å². The number of alkyl halides is 1. The summed E-state index contributed by atoms with van der Waals surface area (Å²) in [6.07, 6.45) is 0. The first-order chi connectivity index (χ1) is 9.49. The molecule has 0 aliphatic heterocycles. The quantitative estimate of drug-likeness (QED) is 0.294. The second kappa shape index (κ2) is 7.65. The van der Waals surface area contributed by atoms with Crippen molar-refractivity contribution >= 4 is 23.3 Å². The van der Waals surface area contributed by atoms with Crippen LogP contribution in [0.25, 0.3) is 0 Å². The summed E-state index contributed by atoms with van der Waals surface area (Å²) in [7, 11) is 0. The van der Waals surface area contributed by atoms with Crippen LogP contribution in [0, 0.1) is 13.8 Å². The smallest absolute Gasteiger partial charge is 0.362 e. The number of allylic oxidation sites excluding steroid dienone is 1. The van der Waals surface area contributed by atoms with E-state index >= 15 is 0 Å². The molecule has 0 heterocycles. The summed E-state index contributed by atoms with van der Waals surface area (Å²) < 4.78 is 4.80. The van der Waals surface area contributed by atoms with Crippen LogP contribution in [0.3, 0.4) is 0 Å². The molecule has 0 atom stereocenters. The van der Waals surface area contributed by atoms with Crippen molar-refractivity contribution in [1.82, 2.24) is 0 Å². The Bertz CT molecular complexity index is 553. The van der Waals surface area contributed by atoms with Crippen molar-refractivity contribution < 1.29 is 14.6 Å². The predicted molar refractivity (Wildman–Crippen MR) is 77.4 cm³/mol. The van der Waals surface area contributed by atoms with E-state index in [1.165, 1.54) is 0 Å². The van der Waals surface area contributed by atoms with E-state index in [0.29, 0.717) is 5.69 Å². The zero-order valence-corrected chi connectivity index (χ0v) is 12.4. The highest BCUT2D eigenvalue weighted by Gasteiger charge is 2.16. The van der Waals surface area contributed by atoms with Crippen LogP contribution in [-0.2, 0) is 9.53 Å². The minimum Gasteiger partial charge on any atom is -0.508 e. The summed E-state index contributed by atoms with van der Waals surface area (Å²) in [5.74, 6) is -1.35. The van der Waals surface area contributed by atoms with Crippen molar-refractivity contribution in [3.05, 3.63) is 40.8 Å². The number of aliphatic hydroxyl groups is 1. The Morgan fingerprint density at radius 1 is 1.40 bits per heavy atom. The van der Waals surface area contributed by atoms with Gasteiger partial charge in [-0.1, -0.05) is 17.7 Å². The number of rotatable bonds is 5. The van der Waals surface area contributed by atoms with Crippen LogP contribution in [0.2, 0.25) is 0 Å². The second-order valence-corrected chi connectivity index (χ2v) is 4.41. The molecule has 1 N–H and O–H groups in total. The number of azo groups is 1. The van der Waals surface area contributed by atoms with E-state index in [1.807, 2.05) is 26.0 Å². The van der Waals surface area contributed by atoms with Crippen LogP contribution in [0.5, 0.6) is 0 Å². The number of benzene rings is 1. The molecule has 0 fully saturated rings. The zero-order valence-electron chi connectivity index (χ0n) is 11.7. The molecule has 0 aliphatic rings. The molecule has 1 aromatic carbocycles. The molecule has 0 saturated heterocycles. The van der Waals surface area contributed by atoms with Gasteiger partial charge in [-0.15, -0.1) is 21.8 Å². The van der Waals surface area contributed by atoms with Crippen molar-refractivity contribution in [3.8, 4) is 0 Å². The average Bonchev–Trinajstić information content (AvgIpc) is 2.41. The van der Waals surface area contributed by atoms with Crippen molar-refractivity contribution in [2.24, 2.45) is 10.2 Å². The highest BCUT2D eigenvalue weighted by Crippen LogP contribution is 2.21. The minimum atomic E-state index is -0.751. The number of nitrogens with zero attached hydrogens (tertiary/aromatic N) is 2. The number of carbonyl (C=O) groups is 1. The van der Waals surface area contributed by atoms with Crippen molar-refractivity contribution in [3.63, 3.8) is 0 Å². The molecule has 0 radical (unpaired) electrons. The molecule has 20 heavy (non-hydrogen) atoms. The molecule has 5 nitrogen and oxygen atoms in total. The predicted octanol–water partition coefficient (Wildman–Crippen LogP) is 3.96. The molecule has 1 rings (SSSR count). The van der Waals surface area contributed by atoms with Gasteiger partial charge in [-0.3, -0.25) is 0 Å². The van der Waals surface area contributed by atoms with Crippen LogP contribution >= 0.6 is 11.6 Å². The van der Waals surface area contributed by atoms with Gasteiger partial charge in [0.1, 0.15) is 5.76 Å². The zero-order chi connectivity index (χ0) is 15.1.